The Hall–Kier alpha value is -2.92. The molecule has 0 radical (unpaired) electrons. The number of benzene rings is 1. The molecule has 11 heteroatoms. The molecule has 1 aromatic rings. The highest BCUT2D eigenvalue weighted by Gasteiger charge is 2.30. The minimum absolute atomic E-state index is 0.0895. The highest BCUT2D eigenvalue weighted by atomic mass is 32.2. The number of hydrogen-bond donors (Lipinski definition) is 2. The second-order valence-electron chi connectivity index (χ2n) is 7.88. The molecule has 3 rings (SSSR count). The number of hydrogen-bond acceptors (Lipinski definition) is 7. The van der Waals surface area contributed by atoms with Crippen LogP contribution >= 0.6 is 0 Å². The number of piperidine rings is 1. The minimum atomic E-state index is -3.54. The van der Waals surface area contributed by atoms with Crippen LogP contribution in [0.25, 0.3) is 0 Å². The molecule has 2 aliphatic heterocycles. The summed E-state index contributed by atoms with van der Waals surface area (Å²) in [5.41, 5.74) is 0.942. The van der Waals surface area contributed by atoms with Crippen molar-refractivity contribution in [3.8, 4) is 0 Å². The summed E-state index contributed by atoms with van der Waals surface area (Å²) >= 11 is 0. The number of ether oxygens (including phenoxy) is 2. The third-order valence-corrected chi connectivity index (χ3v) is 7.38. The SMILES string of the molecule is CCOC(=O)C1=C(COC(=O)Cc2ccc(S(=O)(=O)N3CCCCC3)cc2)NC(=O)NC1C. The molecule has 0 bridgehead atoms. The van der Waals surface area contributed by atoms with Crippen molar-refractivity contribution in [3.63, 3.8) is 0 Å². The van der Waals surface area contributed by atoms with E-state index >= 15 is 0 Å². The summed E-state index contributed by atoms with van der Waals surface area (Å²) in [4.78, 5) is 36.5. The van der Waals surface area contributed by atoms with Gasteiger partial charge in [-0.3, -0.25) is 4.79 Å². The van der Waals surface area contributed by atoms with Crippen molar-refractivity contribution < 1.29 is 32.3 Å². The molecule has 1 unspecified atom stereocenters. The first-order chi connectivity index (χ1) is 15.7. The van der Waals surface area contributed by atoms with Crippen molar-refractivity contribution in [1.29, 1.82) is 0 Å². The molecule has 180 valence electrons. The molecule has 0 aliphatic carbocycles. The highest BCUT2D eigenvalue weighted by Crippen LogP contribution is 2.21. The monoisotopic (exact) mass is 479 g/mol. The summed E-state index contributed by atoms with van der Waals surface area (Å²) in [7, 11) is -3.54. The third kappa shape index (κ3) is 6.11. The van der Waals surface area contributed by atoms with Crippen LogP contribution in [0, 0.1) is 0 Å². The van der Waals surface area contributed by atoms with Gasteiger partial charge in [-0.25, -0.2) is 18.0 Å². The Balaban J connectivity index is 1.62. The van der Waals surface area contributed by atoms with Crippen LogP contribution in [0.5, 0.6) is 0 Å². The predicted molar refractivity (Wildman–Crippen MR) is 119 cm³/mol. The van der Waals surface area contributed by atoms with Gasteiger partial charge in [-0.05, 0) is 44.4 Å². The van der Waals surface area contributed by atoms with Gasteiger partial charge in [-0.1, -0.05) is 18.6 Å². The quantitative estimate of drug-likeness (QED) is 0.540. The maximum atomic E-state index is 12.7. The summed E-state index contributed by atoms with van der Waals surface area (Å²) in [6.07, 6.45) is 2.65. The smallest absolute Gasteiger partial charge is 0.338 e. The summed E-state index contributed by atoms with van der Waals surface area (Å²) < 4.78 is 37.2. The van der Waals surface area contributed by atoms with Crippen molar-refractivity contribution >= 4 is 28.0 Å². The fourth-order valence-corrected chi connectivity index (χ4v) is 5.31. The van der Waals surface area contributed by atoms with Gasteiger partial charge in [0.25, 0.3) is 0 Å². The number of carbonyl (C=O) groups is 3. The molecule has 1 saturated heterocycles. The zero-order chi connectivity index (χ0) is 24.0. The van der Waals surface area contributed by atoms with Crippen molar-refractivity contribution in [2.45, 2.75) is 50.5 Å². The maximum absolute atomic E-state index is 12.7. The summed E-state index contributed by atoms with van der Waals surface area (Å²) in [6.45, 7) is 4.20. The fourth-order valence-electron chi connectivity index (χ4n) is 3.80. The number of rotatable bonds is 8. The van der Waals surface area contributed by atoms with E-state index in [1.807, 2.05) is 0 Å². The minimum Gasteiger partial charge on any atom is -0.463 e. The second kappa shape index (κ2) is 10.8. The molecule has 0 aromatic heterocycles. The Morgan fingerprint density at radius 2 is 1.76 bits per heavy atom. The van der Waals surface area contributed by atoms with Crippen molar-refractivity contribution in [1.82, 2.24) is 14.9 Å². The van der Waals surface area contributed by atoms with Crippen LogP contribution in [0.15, 0.2) is 40.4 Å². The Labute approximate surface area is 193 Å². The highest BCUT2D eigenvalue weighted by molar-refractivity contribution is 7.89. The van der Waals surface area contributed by atoms with E-state index in [4.69, 9.17) is 9.47 Å². The van der Waals surface area contributed by atoms with Crippen LogP contribution in [-0.4, -0.2) is 63.0 Å². The van der Waals surface area contributed by atoms with Crippen molar-refractivity contribution in [2.75, 3.05) is 26.3 Å². The molecule has 1 aromatic carbocycles. The zero-order valence-corrected chi connectivity index (χ0v) is 19.6. The number of sulfonamides is 1. The number of amides is 2. The van der Waals surface area contributed by atoms with Crippen LogP contribution in [-0.2, 0) is 35.5 Å². The Kier molecular flexibility index (Phi) is 8.09. The first-order valence-corrected chi connectivity index (χ1v) is 12.4. The lowest BCUT2D eigenvalue weighted by atomic mass is 10.0. The standard InChI is InChI=1S/C22H29N3O7S/c1-3-31-21(27)20-15(2)23-22(28)24-18(20)14-32-19(26)13-16-7-9-17(10-8-16)33(29,30)25-11-5-4-6-12-25/h7-10,15H,3-6,11-14H2,1-2H3,(H2,23,24,28). The normalized spacial score (nSPS) is 19.5. The molecule has 2 amide bonds. The van der Waals surface area contributed by atoms with Gasteiger partial charge in [0.15, 0.2) is 0 Å². The topological polar surface area (TPSA) is 131 Å². The summed E-state index contributed by atoms with van der Waals surface area (Å²) in [5.74, 6) is -1.19. The molecule has 1 atom stereocenters. The van der Waals surface area contributed by atoms with E-state index in [0.29, 0.717) is 18.7 Å². The number of nitrogens with zero attached hydrogens (tertiary/aromatic N) is 1. The van der Waals surface area contributed by atoms with Crippen LogP contribution < -0.4 is 10.6 Å². The zero-order valence-electron chi connectivity index (χ0n) is 18.8. The summed E-state index contributed by atoms with van der Waals surface area (Å²) in [5, 5.41) is 5.06. The number of nitrogens with one attached hydrogen (secondary N) is 2. The van der Waals surface area contributed by atoms with Crippen LogP contribution in [0.3, 0.4) is 0 Å². The molecular weight excluding hydrogens is 450 g/mol. The van der Waals surface area contributed by atoms with E-state index in [2.05, 4.69) is 10.6 Å². The molecule has 33 heavy (non-hydrogen) atoms. The number of carbonyl (C=O) groups excluding carboxylic acids is 3. The second-order valence-corrected chi connectivity index (χ2v) is 9.82. The molecule has 0 spiro atoms. The third-order valence-electron chi connectivity index (χ3n) is 5.47. The molecule has 2 aliphatic rings. The molecule has 2 heterocycles. The van der Waals surface area contributed by atoms with Crippen molar-refractivity contribution in [3.05, 3.63) is 41.1 Å². The predicted octanol–water partition coefficient (Wildman–Crippen LogP) is 1.47. The molecule has 0 saturated carbocycles. The molecule has 10 nitrogen and oxygen atoms in total. The largest absolute Gasteiger partial charge is 0.463 e. The number of urea groups is 1. The lowest BCUT2D eigenvalue weighted by molar-refractivity contribution is -0.143. The van der Waals surface area contributed by atoms with E-state index in [-0.39, 0.29) is 35.8 Å². The van der Waals surface area contributed by atoms with E-state index < -0.39 is 34.0 Å². The number of esters is 2. The van der Waals surface area contributed by atoms with Crippen LogP contribution in [0.2, 0.25) is 0 Å². The first kappa shape index (κ1) is 24.7. The van der Waals surface area contributed by atoms with E-state index in [9.17, 15) is 22.8 Å². The lowest BCUT2D eigenvalue weighted by Crippen LogP contribution is -2.50. The van der Waals surface area contributed by atoms with Crippen LogP contribution in [0.4, 0.5) is 4.79 Å². The van der Waals surface area contributed by atoms with Gasteiger partial charge in [0.05, 0.1) is 35.2 Å². The van der Waals surface area contributed by atoms with Gasteiger partial charge in [0, 0.05) is 13.1 Å². The van der Waals surface area contributed by atoms with E-state index in [0.717, 1.165) is 19.3 Å². The first-order valence-electron chi connectivity index (χ1n) is 10.9. The van der Waals surface area contributed by atoms with Gasteiger partial charge in [-0.15, -0.1) is 0 Å². The van der Waals surface area contributed by atoms with Crippen molar-refractivity contribution in [2.24, 2.45) is 0 Å². The maximum Gasteiger partial charge on any atom is 0.338 e. The van der Waals surface area contributed by atoms with Gasteiger partial charge in [0.2, 0.25) is 10.0 Å². The molecule has 1 fully saturated rings. The molecule has 2 N–H and O–H groups in total. The van der Waals surface area contributed by atoms with E-state index in [1.54, 1.807) is 26.0 Å². The average molecular weight is 480 g/mol. The lowest BCUT2D eigenvalue weighted by Gasteiger charge is -2.26. The Morgan fingerprint density at radius 3 is 2.39 bits per heavy atom. The van der Waals surface area contributed by atoms with Gasteiger partial charge in [-0.2, -0.15) is 4.31 Å². The molecular formula is C22H29N3O7S. The fraction of sp³-hybridized carbons (Fsp3) is 0.500. The van der Waals surface area contributed by atoms with Gasteiger partial charge in [0.1, 0.15) is 6.61 Å². The van der Waals surface area contributed by atoms with Gasteiger partial charge >= 0.3 is 18.0 Å². The Morgan fingerprint density at radius 1 is 1.09 bits per heavy atom. The Bertz CT molecular complexity index is 1030. The summed E-state index contributed by atoms with van der Waals surface area (Å²) in [6, 6.07) is 5.03. The average Bonchev–Trinajstić information content (AvgIpc) is 2.78. The van der Waals surface area contributed by atoms with Gasteiger partial charge < -0.3 is 20.1 Å². The van der Waals surface area contributed by atoms with Crippen LogP contribution in [0.1, 0.15) is 38.7 Å². The van der Waals surface area contributed by atoms with E-state index in [1.165, 1.54) is 16.4 Å².